The lowest BCUT2D eigenvalue weighted by atomic mass is 9.81. The molecule has 6 aromatic heterocycles. The van der Waals surface area contributed by atoms with E-state index >= 15 is 0 Å². The van der Waals surface area contributed by atoms with Crippen molar-refractivity contribution in [3.63, 3.8) is 0 Å². The first kappa shape index (κ1) is 82.2. The van der Waals surface area contributed by atoms with Gasteiger partial charge in [-0.2, -0.15) is 9.97 Å². The zero-order valence-electron chi connectivity index (χ0n) is 80.9. The van der Waals surface area contributed by atoms with E-state index < -0.39 is 0 Å². The van der Waals surface area contributed by atoms with Crippen molar-refractivity contribution < 1.29 is 0 Å². The second-order valence-electron chi connectivity index (χ2n) is 41.5. The molecule has 0 atom stereocenters. The lowest BCUT2D eigenvalue weighted by molar-refractivity contribution is 0.661. The van der Waals surface area contributed by atoms with E-state index in [1.807, 2.05) is 42.5 Å². The van der Waals surface area contributed by atoms with Crippen LogP contribution in [0.25, 0.3) is 283 Å². The van der Waals surface area contributed by atoms with Gasteiger partial charge < -0.3 is 0 Å². The number of para-hydroxylation sites is 3. The van der Waals surface area contributed by atoms with E-state index in [1.54, 1.807) is 0 Å². The van der Waals surface area contributed by atoms with E-state index in [9.17, 15) is 0 Å². The van der Waals surface area contributed by atoms with Gasteiger partial charge in [-0.1, -0.05) is 412 Å². The molecule has 0 fully saturated rings. The molecule has 0 radical (unpaired) electrons. The largest absolute Gasteiger partial charge is 0.292 e. The highest BCUT2D eigenvalue weighted by molar-refractivity contribution is 6.36. The maximum atomic E-state index is 5.46. The minimum Gasteiger partial charge on any atom is -0.292 e. The van der Waals surface area contributed by atoms with Gasteiger partial charge in [-0.15, -0.1) is 0 Å². The summed E-state index contributed by atoms with van der Waals surface area (Å²) in [6.45, 7) is 14.2. The molecular formula is C136H88N10. The van der Waals surface area contributed by atoms with Crippen LogP contribution in [0.1, 0.15) is 74.9 Å². The van der Waals surface area contributed by atoms with Crippen LogP contribution in [-0.2, 0) is 16.2 Å². The Kier molecular flexibility index (Phi) is 17.1. The van der Waals surface area contributed by atoms with Crippen molar-refractivity contribution in [1.82, 2.24) is 48.6 Å². The molecule has 33 rings (SSSR count). The average Bonchev–Trinajstić information content (AvgIpc) is 1.52. The maximum absolute atomic E-state index is 5.46. The topological polar surface area (TPSA) is 105 Å². The molecule has 0 amide bonds. The van der Waals surface area contributed by atoms with Gasteiger partial charge in [0.1, 0.15) is 5.69 Å². The van der Waals surface area contributed by atoms with Gasteiger partial charge in [0.15, 0.2) is 17.5 Å². The molecule has 0 saturated heterocycles. The summed E-state index contributed by atoms with van der Waals surface area (Å²) in [4.78, 5) is 37.1. The van der Waals surface area contributed by atoms with Crippen LogP contribution in [-0.4, -0.2) is 48.6 Å². The van der Waals surface area contributed by atoms with Crippen LogP contribution in [0.5, 0.6) is 0 Å². The van der Waals surface area contributed by atoms with Crippen LogP contribution in [0.4, 0.5) is 0 Å². The molecule has 6 aliphatic rings. The first-order valence-electron chi connectivity index (χ1n) is 50.6. The van der Waals surface area contributed by atoms with Crippen LogP contribution < -0.4 is 0 Å². The zero-order valence-corrected chi connectivity index (χ0v) is 80.9. The molecule has 10 heteroatoms. The maximum Gasteiger partial charge on any atom is 0.238 e. The van der Waals surface area contributed by atoms with Gasteiger partial charge in [0.05, 0.1) is 55.3 Å². The molecule has 0 saturated carbocycles. The van der Waals surface area contributed by atoms with E-state index in [0.717, 1.165) is 89.0 Å². The lowest BCUT2D eigenvalue weighted by Crippen LogP contribution is -2.15. The van der Waals surface area contributed by atoms with Crippen molar-refractivity contribution >= 4 is 120 Å². The van der Waals surface area contributed by atoms with Crippen molar-refractivity contribution in [2.45, 2.75) is 57.8 Å². The Bertz CT molecular complexity index is 10400. The van der Waals surface area contributed by atoms with E-state index in [4.69, 9.17) is 34.9 Å². The summed E-state index contributed by atoms with van der Waals surface area (Å²) in [5.41, 5.74) is 46.3. The van der Waals surface area contributed by atoms with E-state index in [1.165, 1.54) is 204 Å². The third kappa shape index (κ3) is 11.3. The van der Waals surface area contributed by atoms with Gasteiger partial charge in [0.2, 0.25) is 11.9 Å². The second-order valence-corrected chi connectivity index (χ2v) is 41.5. The minimum absolute atomic E-state index is 0.180. The molecule has 0 N–H and O–H groups in total. The molecule has 6 heterocycles. The molecule has 0 bridgehead atoms. The van der Waals surface area contributed by atoms with E-state index in [2.05, 4.69) is 437 Å². The zero-order chi connectivity index (χ0) is 96.6. The van der Waals surface area contributed by atoms with Crippen LogP contribution >= 0.6 is 0 Å². The van der Waals surface area contributed by atoms with Crippen molar-refractivity contribution in [2.24, 2.45) is 0 Å². The lowest BCUT2D eigenvalue weighted by Gasteiger charge is -2.23. The monoisotopic (exact) mass is 1860 g/mol. The van der Waals surface area contributed by atoms with Crippen LogP contribution in [0.2, 0.25) is 0 Å². The van der Waals surface area contributed by atoms with E-state index in [-0.39, 0.29) is 16.2 Å². The summed E-state index contributed by atoms with van der Waals surface area (Å²) < 4.78 is 7.06. The Morgan fingerprint density at radius 3 is 0.890 bits per heavy atom. The fraction of sp³-hybridized carbons (Fsp3) is 0.0662. The number of hydrogen-bond donors (Lipinski definition) is 0. The molecule has 682 valence electrons. The summed E-state index contributed by atoms with van der Waals surface area (Å²) in [6.07, 6.45) is 0. The minimum atomic E-state index is -0.204. The Labute approximate surface area is 841 Å². The number of hydrogen-bond acceptors (Lipinski definition) is 7. The number of rotatable bonds is 7. The molecule has 146 heavy (non-hydrogen) atoms. The number of nitrogens with zero attached hydrogens (tertiary/aromatic N) is 10. The van der Waals surface area contributed by atoms with Gasteiger partial charge in [-0.25, -0.2) is 24.9 Å². The van der Waals surface area contributed by atoms with Gasteiger partial charge in [0, 0.05) is 92.9 Å². The number of aromatic nitrogens is 10. The van der Waals surface area contributed by atoms with Crippen molar-refractivity contribution in [2.75, 3.05) is 0 Å². The van der Waals surface area contributed by atoms with Gasteiger partial charge in [0.25, 0.3) is 0 Å². The Balaban J connectivity index is 0.0000000995. The van der Waals surface area contributed by atoms with Crippen molar-refractivity contribution in [1.29, 1.82) is 0 Å². The molecule has 0 aliphatic heterocycles. The summed E-state index contributed by atoms with van der Waals surface area (Å²) in [6, 6.07) is 153. The molecule has 0 spiro atoms. The van der Waals surface area contributed by atoms with Crippen molar-refractivity contribution in [3.8, 4) is 163 Å². The molecule has 10 nitrogen and oxygen atoms in total. The third-order valence-electron chi connectivity index (χ3n) is 32.8. The highest BCUT2D eigenvalue weighted by Gasteiger charge is 2.45. The highest BCUT2D eigenvalue weighted by atomic mass is 15.2. The van der Waals surface area contributed by atoms with E-state index in [0.29, 0.717) is 23.5 Å². The highest BCUT2D eigenvalue weighted by Crippen LogP contribution is 2.65. The van der Waals surface area contributed by atoms with Gasteiger partial charge in [-0.3, -0.25) is 13.7 Å². The van der Waals surface area contributed by atoms with Crippen LogP contribution in [0, 0.1) is 0 Å². The van der Waals surface area contributed by atoms with Gasteiger partial charge in [-0.05, 0) is 204 Å². The molecule has 0 unspecified atom stereocenters. The second kappa shape index (κ2) is 30.3. The normalized spacial score (nSPS) is 13.7. The fourth-order valence-corrected chi connectivity index (χ4v) is 26.4. The summed E-state index contributed by atoms with van der Waals surface area (Å²) in [7, 11) is 0. The molecular weight excluding hydrogens is 1770 g/mol. The quantitative estimate of drug-likeness (QED) is 0.156. The summed E-state index contributed by atoms with van der Waals surface area (Å²) in [5.74, 6) is 3.46. The Morgan fingerprint density at radius 1 is 0.178 bits per heavy atom. The first-order chi connectivity index (χ1) is 71.8. The first-order valence-corrected chi connectivity index (χ1v) is 50.6. The number of benzene rings is 21. The Hall–Kier alpha value is -18.5. The molecule has 27 aromatic rings. The summed E-state index contributed by atoms with van der Waals surface area (Å²) >= 11 is 0. The summed E-state index contributed by atoms with van der Waals surface area (Å²) in [5, 5.41) is 16.2. The fourth-order valence-electron chi connectivity index (χ4n) is 26.4. The van der Waals surface area contributed by atoms with Crippen molar-refractivity contribution in [3.05, 3.63) is 458 Å². The molecule has 21 aromatic carbocycles. The van der Waals surface area contributed by atoms with Crippen LogP contribution in [0.3, 0.4) is 0 Å². The SMILES string of the molecule is CC1(C)c2ccccc2-c2c1cc1c3c2-c2ccccc2-c2cccc4ccc(c3c24)n1-c1nc(-c2ccccc2)c2ccccc2n1.CC1(C)c2ccccc2-c2c1cc1c3c2-c2ccccc2-c2cccc4ccc(c3c24)n1-c1nc(-c2ccccc2)nc(-c2ccccc2)n1.CC1(C)c2ccccc2-c2c1cc1c3c2-c2ccccc2-c2cccc4ccc(c3c24)n1-c1nc2ccccc2nc1-c1ccccc1. The van der Waals surface area contributed by atoms with Gasteiger partial charge >= 0.3 is 0 Å². The van der Waals surface area contributed by atoms with Crippen LogP contribution in [0.15, 0.2) is 425 Å². The average molecular weight is 1860 g/mol. The predicted molar refractivity (Wildman–Crippen MR) is 602 cm³/mol. The predicted octanol–water partition coefficient (Wildman–Crippen LogP) is 34.4. The number of fused-ring (bicyclic) bond motifs is 23. The Morgan fingerprint density at radius 2 is 0.486 bits per heavy atom. The standard InChI is InChI=1S/C46H30N4.2C45H29N3/c1-46(2)34-23-12-11-21-33(34)39-35(46)26-37-42-40(39)32-20-10-9-19-30(32)31-22-13-18-27-24-25-36(41(42)38(27)31)50(37)45-48-43(28-14-5-3-6-15-28)47-44(49-45)29-16-7-4-8-17-29;1-45(2)33-21-10-8-18-31(33)39-34(45)25-37-42-40(39)30-17-7-6-16-28(30)29-20-12-15-26-23-24-36(41(42)38(26)29)48(37)44-46-35-22-11-9-19-32(35)43(47-44)27-13-4-3-5-14-27;1-45(2)32-20-9-8-18-31(32)39-33(45)25-37-42-40(39)30-17-7-6-16-28(30)29-19-12-15-26-23-24-36(41(42)38(26)29)48(37)44-43(27-13-4-3-5-14-27)46-34-21-10-11-22-35(34)47-44/h3-26H,1-2H3;2*3-25H,1-2H3. The molecule has 6 aliphatic carbocycles. The third-order valence-corrected chi connectivity index (χ3v) is 32.8. The smallest absolute Gasteiger partial charge is 0.238 e.